The van der Waals surface area contributed by atoms with Crippen molar-refractivity contribution in [1.29, 1.82) is 0 Å². The van der Waals surface area contributed by atoms with Gasteiger partial charge < -0.3 is 4.90 Å². The number of sulfonamides is 1. The average molecular weight is 322 g/mol. The molecule has 0 amide bonds. The second kappa shape index (κ2) is 7.00. The zero-order valence-electron chi connectivity index (χ0n) is 12.5. The first-order valence-electron chi connectivity index (χ1n) is 6.87. The van der Waals surface area contributed by atoms with Crippen molar-refractivity contribution < 1.29 is 12.8 Å². The number of nitrogens with zero attached hydrogens (tertiary/aromatic N) is 1. The third-order valence-corrected chi connectivity index (χ3v) is 4.82. The minimum Gasteiger partial charge on any atom is -0.301 e. The summed E-state index contributed by atoms with van der Waals surface area (Å²) in [7, 11) is 0.0742. The summed E-state index contributed by atoms with van der Waals surface area (Å²) in [4.78, 5) is 2.06. The third-order valence-electron chi connectivity index (χ3n) is 3.38. The summed E-state index contributed by atoms with van der Waals surface area (Å²) in [5.74, 6) is -0.338. The van der Waals surface area contributed by atoms with Gasteiger partial charge in [-0.2, -0.15) is 0 Å². The fourth-order valence-electron chi connectivity index (χ4n) is 2.18. The molecular formula is C16H19FN2O2S. The molecular weight excluding hydrogens is 303 g/mol. The van der Waals surface area contributed by atoms with Crippen LogP contribution in [0, 0.1) is 5.82 Å². The topological polar surface area (TPSA) is 49.4 Å². The number of rotatable bonds is 6. The Balaban J connectivity index is 2.16. The van der Waals surface area contributed by atoms with Gasteiger partial charge in [-0.25, -0.2) is 17.5 Å². The molecule has 1 N–H and O–H groups in total. The van der Waals surface area contributed by atoms with E-state index in [-0.39, 0.29) is 23.3 Å². The van der Waals surface area contributed by atoms with Crippen LogP contribution in [-0.4, -0.2) is 34.0 Å². The van der Waals surface area contributed by atoms with E-state index in [2.05, 4.69) is 4.72 Å². The Hall–Kier alpha value is -1.76. The first-order valence-corrected chi connectivity index (χ1v) is 8.35. The molecule has 0 saturated heterocycles. The summed E-state index contributed by atoms with van der Waals surface area (Å²) in [6, 6.07) is 14.1. The molecule has 0 saturated carbocycles. The number of hydrogen-bond donors (Lipinski definition) is 1. The Bertz CT molecular complexity index is 718. The van der Waals surface area contributed by atoms with E-state index in [9.17, 15) is 12.8 Å². The zero-order valence-corrected chi connectivity index (χ0v) is 13.3. The van der Waals surface area contributed by atoms with Gasteiger partial charge in [-0.1, -0.05) is 30.3 Å². The van der Waals surface area contributed by atoms with Gasteiger partial charge >= 0.3 is 0 Å². The smallest absolute Gasteiger partial charge is 0.240 e. The van der Waals surface area contributed by atoms with Crippen LogP contribution in [0.1, 0.15) is 11.6 Å². The van der Waals surface area contributed by atoms with Crippen LogP contribution < -0.4 is 4.72 Å². The fraction of sp³-hybridized carbons (Fsp3) is 0.250. The van der Waals surface area contributed by atoms with E-state index in [1.54, 1.807) is 30.3 Å². The quantitative estimate of drug-likeness (QED) is 0.888. The van der Waals surface area contributed by atoms with E-state index in [1.165, 1.54) is 24.3 Å². The molecule has 0 aromatic heterocycles. The van der Waals surface area contributed by atoms with Gasteiger partial charge in [0.25, 0.3) is 0 Å². The first-order chi connectivity index (χ1) is 10.4. The van der Waals surface area contributed by atoms with E-state index < -0.39 is 10.0 Å². The van der Waals surface area contributed by atoms with Crippen LogP contribution in [0.5, 0.6) is 0 Å². The number of likely N-dealkylation sites (N-methyl/N-ethyl adjacent to an activating group) is 1. The lowest BCUT2D eigenvalue weighted by Gasteiger charge is -2.25. The van der Waals surface area contributed by atoms with Gasteiger partial charge in [0.15, 0.2) is 0 Å². The maximum atomic E-state index is 13.4. The lowest BCUT2D eigenvalue weighted by molar-refractivity contribution is 0.299. The van der Waals surface area contributed by atoms with E-state index in [1.807, 2.05) is 19.0 Å². The first kappa shape index (κ1) is 16.6. The Morgan fingerprint density at radius 1 is 1.09 bits per heavy atom. The van der Waals surface area contributed by atoms with Crippen molar-refractivity contribution in [3.63, 3.8) is 0 Å². The van der Waals surface area contributed by atoms with Crippen LogP contribution in [0.25, 0.3) is 0 Å². The Morgan fingerprint density at radius 2 is 1.77 bits per heavy atom. The maximum Gasteiger partial charge on any atom is 0.240 e. The van der Waals surface area contributed by atoms with Crippen molar-refractivity contribution in [2.45, 2.75) is 10.9 Å². The standard InChI is InChI=1S/C16H19FN2O2S/c1-19(2)16(13-7-6-8-14(17)11-13)12-18-22(20,21)15-9-4-3-5-10-15/h3-11,16,18H,12H2,1-2H3/t16-/m1/s1. The molecule has 0 bridgehead atoms. The predicted octanol–water partition coefficient (Wildman–Crippen LogP) is 2.41. The summed E-state index contributed by atoms with van der Waals surface area (Å²) >= 11 is 0. The molecule has 2 aromatic carbocycles. The van der Waals surface area contributed by atoms with Gasteiger partial charge in [0.2, 0.25) is 10.0 Å². The van der Waals surface area contributed by atoms with Crippen molar-refractivity contribution in [1.82, 2.24) is 9.62 Å². The SMILES string of the molecule is CN(C)[C@H](CNS(=O)(=O)c1ccccc1)c1cccc(F)c1. The second-order valence-corrected chi connectivity index (χ2v) is 6.97. The monoisotopic (exact) mass is 322 g/mol. The van der Waals surface area contributed by atoms with Crippen molar-refractivity contribution in [2.24, 2.45) is 0 Å². The highest BCUT2D eigenvalue weighted by Crippen LogP contribution is 2.19. The normalized spacial score (nSPS) is 13.3. The molecule has 0 heterocycles. The van der Waals surface area contributed by atoms with E-state index in [4.69, 9.17) is 0 Å². The molecule has 0 radical (unpaired) electrons. The van der Waals surface area contributed by atoms with Crippen LogP contribution >= 0.6 is 0 Å². The Morgan fingerprint density at radius 3 is 2.36 bits per heavy atom. The molecule has 2 aromatic rings. The molecule has 0 fully saturated rings. The summed E-state index contributed by atoms with van der Waals surface area (Å²) < 4.78 is 40.5. The third kappa shape index (κ3) is 4.13. The van der Waals surface area contributed by atoms with Crippen molar-refractivity contribution >= 4 is 10.0 Å². The largest absolute Gasteiger partial charge is 0.301 e. The number of halogens is 1. The highest BCUT2D eigenvalue weighted by atomic mass is 32.2. The lowest BCUT2D eigenvalue weighted by Crippen LogP contribution is -2.34. The van der Waals surface area contributed by atoms with Crippen LogP contribution in [0.4, 0.5) is 4.39 Å². The molecule has 1 atom stereocenters. The van der Waals surface area contributed by atoms with E-state index in [0.29, 0.717) is 0 Å². The molecule has 0 aliphatic carbocycles. The minimum atomic E-state index is -3.58. The number of benzene rings is 2. The molecule has 118 valence electrons. The molecule has 6 heteroatoms. The molecule has 0 spiro atoms. The van der Waals surface area contributed by atoms with Crippen molar-refractivity contribution in [2.75, 3.05) is 20.6 Å². The minimum absolute atomic E-state index is 0.160. The number of nitrogens with one attached hydrogen (secondary N) is 1. The molecule has 0 aliphatic heterocycles. The van der Waals surface area contributed by atoms with Gasteiger partial charge in [0.1, 0.15) is 5.82 Å². The van der Waals surface area contributed by atoms with Crippen molar-refractivity contribution in [3.05, 3.63) is 66.0 Å². The average Bonchev–Trinajstić information content (AvgIpc) is 2.48. The summed E-state index contributed by atoms with van der Waals surface area (Å²) in [6.45, 7) is 0.160. The Kier molecular flexibility index (Phi) is 5.28. The maximum absolute atomic E-state index is 13.4. The summed E-state index contributed by atoms with van der Waals surface area (Å²) in [6.07, 6.45) is 0. The van der Waals surface area contributed by atoms with Crippen LogP contribution in [-0.2, 0) is 10.0 Å². The summed E-state index contributed by atoms with van der Waals surface area (Å²) in [5, 5.41) is 0. The van der Waals surface area contributed by atoms with Gasteiger partial charge in [-0.3, -0.25) is 0 Å². The van der Waals surface area contributed by atoms with Crippen LogP contribution in [0.15, 0.2) is 59.5 Å². The fourth-order valence-corrected chi connectivity index (χ4v) is 3.24. The highest BCUT2D eigenvalue weighted by Gasteiger charge is 2.19. The predicted molar refractivity (Wildman–Crippen MR) is 84.5 cm³/mol. The van der Waals surface area contributed by atoms with Crippen LogP contribution in [0.2, 0.25) is 0 Å². The molecule has 2 rings (SSSR count). The highest BCUT2D eigenvalue weighted by molar-refractivity contribution is 7.89. The molecule has 4 nitrogen and oxygen atoms in total. The molecule has 0 aliphatic rings. The van der Waals surface area contributed by atoms with E-state index >= 15 is 0 Å². The van der Waals surface area contributed by atoms with Gasteiger partial charge in [0, 0.05) is 12.6 Å². The van der Waals surface area contributed by atoms with Gasteiger partial charge in [0.05, 0.1) is 4.90 Å². The van der Waals surface area contributed by atoms with Crippen molar-refractivity contribution in [3.8, 4) is 0 Å². The van der Waals surface area contributed by atoms with Crippen LogP contribution in [0.3, 0.4) is 0 Å². The van der Waals surface area contributed by atoms with E-state index in [0.717, 1.165) is 5.56 Å². The van der Waals surface area contributed by atoms with Gasteiger partial charge in [-0.05, 0) is 43.9 Å². The lowest BCUT2D eigenvalue weighted by atomic mass is 10.1. The molecule has 22 heavy (non-hydrogen) atoms. The van der Waals surface area contributed by atoms with Gasteiger partial charge in [-0.15, -0.1) is 0 Å². The zero-order chi connectivity index (χ0) is 16.2. The summed E-state index contributed by atoms with van der Waals surface area (Å²) in [5.41, 5.74) is 0.723. The Labute approximate surface area is 130 Å². The second-order valence-electron chi connectivity index (χ2n) is 5.20. The molecule has 0 unspecified atom stereocenters. The number of hydrogen-bond acceptors (Lipinski definition) is 3.